The summed E-state index contributed by atoms with van der Waals surface area (Å²) in [6.45, 7) is 11.0. The van der Waals surface area contributed by atoms with Crippen molar-refractivity contribution in [3.05, 3.63) is 28.8 Å². The molecular weight excluding hydrogens is 238 g/mol. The van der Waals surface area contributed by atoms with Crippen LogP contribution in [0.4, 0.5) is 0 Å². The van der Waals surface area contributed by atoms with Crippen LogP contribution < -0.4 is 10.1 Å². The van der Waals surface area contributed by atoms with E-state index in [4.69, 9.17) is 4.74 Å². The van der Waals surface area contributed by atoms with E-state index in [9.17, 15) is 4.79 Å². The maximum Gasteiger partial charge on any atom is 0.167 e. The average Bonchev–Trinajstić information content (AvgIpc) is 2.30. The SMILES string of the molecule is COc1c(C(=O)CCNC(C)(C)C)ccc(C)c1C. The van der Waals surface area contributed by atoms with Crippen LogP contribution >= 0.6 is 0 Å². The molecule has 1 rings (SSSR count). The van der Waals surface area contributed by atoms with E-state index in [2.05, 4.69) is 26.1 Å². The van der Waals surface area contributed by atoms with Crippen LogP contribution in [0.3, 0.4) is 0 Å². The summed E-state index contributed by atoms with van der Waals surface area (Å²) in [5.74, 6) is 0.831. The Bertz CT molecular complexity index is 459. The standard InChI is InChI=1S/C16H25NO2/c1-11-7-8-13(15(19-6)12(11)2)14(18)9-10-17-16(3,4)5/h7-8,17H,9-10H2,1-6H3. The minimum absolute atomic E-state index is 0.0353. The molecule has 3 nitrogen and oxygen atoms in total. The van der Waals surface area contributed by atoms with Gasteiger partial charge in [0.25, 0.3) is 0 Å². The molecule has 0 radical (unpaired) electrons. The maximum absolute atomic E-state index is 12.3. The van der Waals surface area contributed by atoms with Crippen LogP contribution in [0.5, 0.6) is 5.75 Å². The first kappa shape index (κ1) is 15.7. The number of rotatable bonds is 5. The van der Waals surface area contributed by atoms with Crippen LogP contribution in [0.1, 0.15) is 48.7 Å². The van der Waals surface area contributed by atoms with Crippen molar-refractivity contribution in [1.29, 1.82) is 0 Å². The quantitative estimate of drug-likeness (QED) is 0.829. The lowest BCUT2D eigenvalue weighted by Crippen LogP contribution is -2.37. The van der Waals surface area contributed by atoms with Gasteiger partial charge in [0.2, 0.25) is 0 Å². The van der Waals surface area contributed by atoms with E-state index >= 15 is 0 Å². The highest BCUT2D eigenvalue weighted by Crippen LogP contribution is 2.27. The second-order valence-electron chi connectivity index (χ2n) is 5.94. The zero-order chi connectivity index (χ0) is 14.6. The molecule has 0 fully saturated rings. The molecule has 1 aromatic rings. The second-order valence-corrected chi connectivity index (χ2v) is 5.94. The van der Waals surface area contributed by atoms with Crippen molar-refractivity contribution < 1.29 is 9.53 Å². The summed E-state index contributed by atoms with van der Waals surface area (Å²) in [6.07, 6.45) is 0.482. The van der Waals surface area contributed by atoms with Crippen molar-refractivity contribution in [3.8, 4) is 5.75 Å². The van der Waals surface area contributed by atoms with Crippen LogP contribution in [0, 0.1) is 13.8 Å². The maximum atomic E-state index is 12.3. The van der Waals surface area contributed by atoms with E-state index in [1.165, 1.54) is 0 Å². The number of benzene rings is 1. The Balaban J connectivity index is 2.80. The van der Waals surface area contributed by atoms with Crippen molar-refractivity contribution in [1.82, 2.24) is 5.32 Å². The lowest BCUT2D eigenvalue weighted by atomic mass is 10.00. The molecule has 0 bridgehead atoms. The Morgan fingerprint density at radius 2 is 1.89 bits per heavy atom. The van der Waals surface area contributed by atoms with E-state index in [0.29, 0.717) is 24.3 Å². The zero-order valence-electron chi connectivity index (χ0n) is 12.9. The molecule has 0 unspecified atom stereocenters. The van der Waals surface area contributed by atoms with Crippen LogP contribution in [-0.4, -0.2) is 25.0 Å². The van der Waals surface area contributed by atoms with Gasteiger partial charge in [0.15, 0.2) is 5.78 Å². The smallest absolute Gasteiger partial charge is 0.167 e. The zero-order valence-corrected chi connectivity index (χ0v) is 12.9. The third-order valence-corrected chi connectivity index (χ3v) is 3.19. The highest BCUT2D eigenvalue weighted by Gasteiger charge is 2.16. The third kappa shape index (κ3) is 4.35. The largest absolute Gasteiger partial charge is 0.496 e. The molecule has 0 aliphatic rings. The molecule has 0 saturated carbocycles. The lowest BCUT2D eigenvalue weighted by molar-refractivity contribution is 0.0977. The number of ketones is 1. The van der Waals surface area contributed by atoms with E-state index in [1.807, 2.05) is 26.0 Å². The molecule has 3 heteroatoms. The monoisotopic (exact) mass is 263 g/mol. The predicted octanol–water partition coefficient (Wildman–Crippen LogP) is 3.27. The number of Topliss-reactive ketones (excluding diaryl/α,β-unsaturated/α-hetero) is 1. The number of carbonyl (C=O) groups is 1. The summed E-state index contributed by atoms with van der Waals surface area (Å²) < 4.78 is 5.38. The molecule has 0 aromatic heterocycles. The van der Waals surface area contributed by atoms with E-state index in [-0.39, 0.29) is 11.3 Å². The summed E-state index contributed by atoms with van der Waals surface area (Å²) in [5, 5.41) is 3.32. The molecular formula is C16H25NO2. The van der Waals surface area contributed by atoms with Crippen LogP contribution in [0.2, 0.25) is 0 Å². The number of aryl methyl sites for hydroxylation is 1. The van der Waals surface area contributed by atoms with Crippen molar-refractivity contribution in [3.63, 3.8) is 0 Å². The number of methoxy groups -OCH3 is 1. The number of nitrogens with one attached hydrogen (secondary N) is 1. The fourth-order valence-electron chi connectivity index (χ4n) is 1.96. The Hall–Kier alpha value is -1.35. The van der Waals surface area contributed by atoms with Crippen LogP contribution in [-0.2, 0) is 0 Å². The third-order valence-electron chi connectivity index (χ3n) is 3.19. The number of hydrogen-bond acceptors (Lipinski definition) is 3. The highest BCUT2D eigenvalue weighted by molar-refractivity contribution is 5.99. The normalized spacial score (nSPS) is 11.5. The lowest BCUT2D eigenvalue weighted by Gasteiger charge is -2.20. The van der Waals surface area contributed by atoms with Gasteiger partial charge in [0.05, 0.1) is 12.7 Å². The Morgan fingerprint density at radius 1 is 1.26 bits per heavy atom. The molecule has 1 aromatic carbocycles. The van der Waals surface area contributed by atoms with Gasteiger partial charge in [-0.05, 0) is 51.8 Å². The first-order valence-corrected chi connectivity index (χ1v) is 6.68. The molecule has 0 atom stereocenters. The summed E-state index contributed by atoms with van der Waals surface area (Å²) >= 11 is 0. The van der Waals surface area contributed by atoms with Gasteiger partial charge in [-0.15, -0.1) is 0 Å². The van der Waals surface area contributed by atoms with Crippen molar-refractivity contribution in [2.45, 2.75) is 46.6 Å². The fourth-order valence-corrected chi connectivity index (χ4v) is 1.96. The summed E-state index contributed by atoms with van der Waals surface area (Å²) in [4.78, 5) is 12.3. The van der Waals surface area contributed by atoms with Crippen LogP contribution in [0.15, 0.2) is 12.1 Å². The summed E-state index contributed by atoms with van der Waals surface area (Å²) in [6, 6.07) is 3.84. The van der Waals surface area contributed by atoms with Gasteiger partial charge in [-0.25, -0.2) is 0 Å². The van der Waals surface area contributed by atoms with Crippen molar-refractivity contribution in [2.24, 2.45) is 0 Å². The van der Waals surface area contributed by atoms with Gasteiger partial charge in [-0.1, -0.05) is 6.07 Å². The first-order valence-electron chi connectivity index (χ1n) is 6.68. The van der Waals surface area contributed by atoms with Gasteiger partial charge >= 0.3 is 0 Å². The minimum Gasteiger partial charge on any atom is -0.496 e. The topological polar surface area (TPSA) is 38.3 Å². The Labute approximate surface area is 116 Å². The van der Waals surface area contributed by atoms with Crippen molar-refractivity contribution in [2.75, 3.05) is 13.7 Å². The van der Waals surface area contributed by atoms with Gasteiger partial charge in [0, 0.05) is 18.5 Å². The highest BCUT2D eigenvalue weighted by atomic mass is 16.5. The number of carbonyl (C=O) groups excluding carboxylic acids is 1. The van der Waals surface area contributed by atoms with E-state index in [0.717, 1.165) is 11.1 Å². The molecule has 106 valence electrons. The summed E-state index contributed by atoms with van der Waals surface area (Å²) in [5.41, 5.74) is 2.90. The number of hydrogen-bond donors (Lipinski definition) is 1. The molecule has 0 saturated heterocycles. The fraction of sp³-hybridized carbons (Fsp3) is 0.562. The second kappa shape index (κ2) is 6.20. The van der Waals surface area contributed by atoms with Gasteiger partial charge in [-0.3, -0.25) is 4.79 Å². The first-order chi connectivity index (χ1) is 8.76. The predicted molar refractivity (Wildman–Crippen MR) is 79.2 cm³/mol. The molecule has 19 heavy (non-hydrogen) atoms. The van der Waals surface area contributed by atoms with Crippen LogP contribution in [0.25, 0.3) is 0 Å². The number of ether oxygens (including phenoxy) is 1. The molecule has 0 heterocycles. The summed E-state index contributed by atoms with van der Waals surface area (Å²) in [7, 11) is 1.62. The average molecular weight is 263 g/mol. The Kier molecular flexibility index (Phi) is 5.12. The van der Waals surface area contributed by atoms with E-state index < -0.39 is 0 Å². The van der Waals surface area contributed by atoms with Gasteiger partial charge in [-0.2, -0.15) is 0 Å². The molecule has 0 aliphatic heterocycles. The van der Waals surface area contributed by atoms with E-state index in [1.54, 1.807) is 7.11 Å². The molecule has 0 amide bonds. The Morgan fingerprint density at radius 3 is 2.42 bits per heavy atom. The molecule has 0 aliphatic carbocycles. The molecule has 0 spiro atoms. The van der Waals surface area contributed by atoms with Crippen molar-refractivity contribution >= 4 is 5.78 Å². The van der Waals surface area contributed by atoms with Gasteiger partial charge in [0.1, 0.15) is 5.75 Å². The van der Waals surface area contributed by atoms with Gasteiger partial charge < -0.3 is 10.1 Å². The molecule has 1 N–H and O–H groups in total. The minimum atomic E-state index is 0.0353.